The molecule has 0 heterocycles. The zero-order valence-electron chi connectivity index (χ0n) is 15.0. The van der Waals surface area contributed by atoms with Crippen molar-refractivity contribution in [2.75, 3.05) is 19.4 Å². The fourth-order valence-corrected chi connectivity index (χ4v) is 2.52. The van der Waals surface area contributed by atoms with Crippen molar-refractivity contribution < 1.29 is 19.4 Å². The Bertz CT molecular complexity index is 763. The summed E-state index contributed by atoms with van der Waals surface area (Å²) in [5.41, 5.74) is 6.95. The first-order chi connectivity index (χ1) is 12.3. The molecule has 0 spiro atoms. The molecule has 0 saturated carbocycles. The predicted octanol–water partition coefficient (Wildman–Crippen LogP) is 3.18. The molecule has 0 aliphatic heterocycles. The summed E-state index contributed by atoms with van der Waals surface area (Å²) in [6.45, 7) is 3.92. The Morgan fingerprint density at radius 2 is 1.92 bits per heavy atom. The largest absolute Gasteiger partial charge is 0.496 e. The number of halogens is 1. The number of benzene rings is 2. The van der Waals surface area contributed by atoms with Crippen molar-refractivity contribution >= 4 is 23.2 Å². The zero-order valence-corrected chi connectivity index (χ0v) is 15.7. The highest BCUT2D eigenvalue weighted by Gasteiger charge is 2.17. The number of aliphatic hydroxyl groups is 1. The summed E-state index contributed by atoms with van der Waals surface area (Å²) in [5.74, 6) is 0.623. The van der Waals surface area contributed by atoms with Gasteiger partial charge in [-0.25, -0.2) is 0 Å². The number of ether oxygens (including phenoxy) is 2. The molecule has 0 aliphatic rings. The average Bonchev–Trinajstić information content (AvgIpc) is 2.61. The standard InChI is InChI=1S/C19H23ClN2O4/c1-11(2)26-13-6-4-12(5-7-13)17(23)10-22-19(24)14-8-15(20)16(21)9-18(14)25-3/h4-9,11,17,23H,10,21H2,1-3H3,(H,22,24). The molecule has 0 aliphatic carbocycles. The Morgan fingerprint density at radius 3 is 2.50 bits per heavy atom. The highest BCUT2D eigenvalue weighted by Crippen LogP contribution is 2.29. The number of carbonyl (C=O) groups is 1. The van der Waals surface area contributed by atoms with Crippen LogP contribution in [-0.2, 0) is 0 Å². The van der Waals surface area contributed by atoms with Crippen molar-refractivity contribution in [3.63, 3.8) is 0 Å². The van der Waals surface area contributed by atoms with Crippen molar-refractivity contribution in [3.05, 3.63) is 52.5 Å². The third kappa shape index (κ3) is 5.03. The van der Waals surface area contributed by atoms with Crippen molar-refractivity contribution in [2.45, 2.75) is 26.1 Å². The molecule has 0 radical (unpaired) electrons. The monoisotopic (exact) mass is 378 g/mol. The van der Waals surface area contributed by atoms with Crippen molar-refractivity contribution in [2.24, 2.45) is 0 Å². The summed E-state index contributed by atoms with van der Waals surface area (Å²) < 4.78 is 10.7. The number of anilines is 1. The van der Waals surface area contributed by atoms with Crippen molar-refractivity contribution in [3.8, 4) is 11.5 Å². The van der Waals surface area contributed by atoms with Crippen molar-refractivity contribution in [1.29, 1.82) is 0 Å². The highest BCUT2D eigenvalue weighted by atomic mass is 35.5. The Hall–Kier alpha value is -2.44. The summed E-state index contributed by atoms with van der Waals surface area (Å²) >= 11 is 5.97. The van der Waals surface area contributed by atoms with E-state index in [1.807, 2.05) is 13.8 Å². The van der Waals surface area contributed by atoms with Crippen LogP contribution in [0.25, 0.3) is 0 Å². The smallest absolute Gasteiger partial charge is 0.255 e. The van der Waals surface area contributed by atoms with Gasteiger partial charge in [-0.2, -0.15) is 0 Å². The molecule has 0 saturated heterocycles. The van der Waals surface area contributed by atoms with Gasteiger partial charge in [-0.1, -0.05) is 23.7 Å². The van der Waals surface area contributed by atoms with Gasteiger partial charge >= 0.3 is 0 Å². The lowest BCUT2D eigenvalue weighted by molar-refractivity contribution is 0.0913. The van der Waals surface area contributed by atoms with Crippen LogP contribution in [0.1, 0.15) is 35.9 Å². The number of nitrogens with one attached hydrogen (secondary N) is 1. The fourth-order valence-electron chi connectivity index (χ4n) is 2.36. The summed E-state index contributed by atoms with van der Waals surface area (Å²) in [6.07, 6.45) is -0.783. The van der Waals surface area contributed by atoms with Gasteiger partial charge in [0.25, 0.3) is 5.91 Å². The third-order valence-corrected chi connectivity index (χ3v) is 3.98. The first-order valence-electron chi connectivity index (χ1n) is 8.17. The summed E-state index contributed by atoms with van der Waals surface area (Å²) in [7, 11) is 1.44. The van der Waals surface area contributed by atoms with Gasteiger partial charge < -0.3 is 25.6 Å². The topological polar surface area (TPSA) is 93.8 Å². The van der Waals surface area contributed by atoms with E-state index in [1.54, 1.807) is 24.3 Å². The molecule has 2 aromatic rings. The molecule has 0 bridgehead atoms. The number of carbonyl (C=O) groups excluding carboxylic acids is 1. The van der Waals surface area contributed by atoms with Gasteiger partial charge in [0.05, 0.1) is 35.6 Å². The van der Waals surface area contributed by atoms with Gasteiger partial charge in [0.1, 0.15) is 11.5 Å². The van der Waals surface area contributed by atoms with Crippen LogP contribution in [-0.4, -0.2) is 30.8 Å². The number of aliphatic hydroxyl groups excluding tert-OH is 1. The molecule has 1 unspecified atom stereocenters. The molecule has 1 amide bonds. The number of hydrogen-bond acceptors (Lipinski definition) is 5. The Labute approximate surface area is 157 Å². The second-order valence-corrected chi connectivity index (χ2v) is 6.44. The van der Waals surface area contributed by atoms with E-state index >= 15 is 0 Å². The van der Waals surface area contributed by atoms with Crippen LogP contribution in [0.5, 0.6) is 11.5 Å². The molecule has 140 valence electrons. The number of hydrogen-bond donors (Lipinski definition) is 3. The van der Waals surface area contributed by atoms with Crippen molar-refractivity contribution in [1.82, 2.24) is 5.32 Å². The van der Waals surface area contributed by atoms with E-state index in [4.69, 9.17) is 26.8 Å². The molecule has 6 nitrogen and oxygen atoms in total. The molecular weight excluding hydrogens is 356 g/mol. The highest BCUT2D eigenvalue weighted by molar-refractivity contribution is 6.33. The first-order valence-corrected chi connectivity index (χ1v) is 8.55. The van der Waals surface area contributed by atoms with Gasteiger partial charge in [0, 0.05) is 12.6 Å². The van der Waals surface area contributed by atoms with Gasteiger partial charge in [-0.05, 0) is 37.6 Å². The van der Waals surface area contributed by atoms with Gasteiger partial charge in [0.15, 0.2) is 0 Å². The normalized spacial score (nSPS) is 11.9. The van der Waals surface area contributed by atoms with Crippen LogP contribution in [0.15, 0.2) is 36.4 Å². The minimum absolute atomic E-state index is 0.0361. The van der Waals surface area contributed by atoms with E-state index in [2.05, 4.69) is 5.32 Å². The average molecular weight is 379 g/mol. The molecule has 1 atom stereocenters. The van der Waals surface area contributed by atoms with Gasteiger partial charge in [0.2, 0.25) is 0 Å². The van der Waals surface area contributed by atoms with Gasteiger partial charge in [-0.3, -0.25) is 4.79 Å². The second-order valence-electron chi connectivity index (χ2n) is 6.04. The molecular formula is C19H23ClN2O4. The molecule has 4 N–H and O–H groups in total. The van der Waals surface area contributed by atoms with Crippen LogP contribution in [0.4, 0.5) is 5.69 Å². The van der Waals surface area contributed by atoms with Crippen LogP contribution >= 0.6 is 11.6 Å². The SMILES string of the molecule is COc1cc(N)c(Cl)cc1C(=O)NCC(O)c1ccc(OC(C)C)cc1. The fraction of sp³-hybridized carbons (Fsp3) is 0.316. The van der Waals surface area contributed by atoms with E-state index in [-0.39, 0.29) is 23.2 Å². The third-order valence-electron chi connectivity index (χ3n) is 3.66. The second kappa shape index (κ2) is 8.78. The zero-order chi connectivity index (χ0) is 19.3. The maximum atomic E-state index is 12.4. The number of methoxy groups -OCH3 is 1. The summed E-state index contributed by atoms with van der Waals surface area (Å²) in [6, 6.07) is 10.0. The number of amides is 1. The van der Waals surface area contributed by atoms with E-state index < -0.39 is 12.0 Å². The van der Waals surface area contributed by atoms with Crippen LogP contribution in [0, 0.1) is 0 Å². The van der Waals surface area contributed by atoms with E-state index in [9.17, 15) is 9.90 Å². The molecule has 26 heavy (non-hydrogen) atoms. The van der Waals surface area contributed by atoms with E-state index in [0.717, 1.165) is 5.75 Å². The number of nitrogen functional groups attached to an aromatic ring is 1. The van der Waals surface area contributed by atoms with E-state index in [1.165, 1.54) is 19.2 Å². The Kier molecular flexibility index (Phi) is 6.71. The Balaban J connectivity index is 2.02. The molecule has 7 heteroatoms. The molecule has 2 rings (SSSR count). The lowest BCUT2D eigenvalue weighted by Crippen LogP contribution is -2.28. The van der Waals surface area contributed by atoms with Crippen LogP contribution in [0.3, 0.4) is 0 Å². The van der Waals surface area contributed by atoms with Crippen LogP contribution in [0.2, 0.25) is 5.02 Å². The maximum absolute atomic E-state index is 12.4. The lowest BCUT2D eigenvalue weighted by Gasteiger charge is -2.15. The quantitative estimate of drug-likeness (QED) is 0.643. The summed E-state index contributed by atoms with van der Waals surface area (Å²) in [5, 5.41) is 13.2. The van der Waals surface area contributed by atoms with E-state index in [0.29, 0.717) is 17.0 Å². The first kappa shape index (κ1) is 19.9. The minimum atomic E-state index is -0.859. The molecule has 2 aromatic carbocycles. The molecule has 0 fully saturated rings. The molecule has 0 aromatic heterocycles. The van der Waals surface area contributed by atoms with Crippen LogP contribution < -0.4 is 20.5 Å². The lowest BCUT2D eigenvalue weighted by atomic mass is 10.1. The van der Waals surface area contributed by atoms with Gasteiger partial charge in [-0.15, -0.1) is 0 Å². The predicted molar refractivity (Wildman–Crippen MR) is 102 cm³/mol. The summed E-state index contributed by atoms with van der Waals surface area (Å²) in [4.78, 5) is 12.4. The maximum Gasteiger partial charge on any atom is 0.255 e. The number of rotatable bonds is 7. The Morgan fingerprint density at radius 1 is 1.27 bits per heavy atom. The minimum Gasteiger partial charge on any atom is -0.496 e. The number of nitrogens with two attached hydrogens (primary N) is 1.